The minimum atomic E-state index is -0.861. The number of hydrogen-bond donors (Lipinski definition) is 1. The molecule has 0 aromatic heterocycles. The second kappa shape index (κ2) is 5.03. The van der Waals surface area contributed by atoms with Gasteiger partial charge < -0.3 is 19.5 Å². The predicted molar refractivity (Wildman–Crippen MR) is 70.1 cm³/mol. The van der Waals surface area contributed by atoms with Crippen LogP contribution in [0.15, 0.2) is 18.2 Å². The van der Waals surface area contributed by atoms with Crippen LogP contribution in [0.25, 0.3) is 0 Å². The number of carbonyl (C=O) groups excluding carboxylic acids is 1. The van der Waals surface area contributed by atoms with Gasteiger partial charge in [0.2, 0.25) is 5.91 Å². The van der Waals surface area contributed by atoms with Crippen molar-refractivity contribution in [2.75, 3.05) is 24.7 Å². The molecule has 0 aliphatic carbocycles. The lowest BCUT2D eigenvalue weighted by Crippen LogP contribution is -2.42. The molecule has 1 saturated heterocycles. The van der Waals surface area contributed by atoms with Crippen LogP contribution in [0.5, 0.6) is 11.5 Å². The fourth-order valence-electron chi connectivity index (χ4n) is 2.50. The van der Waals surface area contributed by atoms with E-state index in [-0.39, 0.29) is 18.9 Å². The Morgan fingerprint density at radius 1 is 1.25 bits per heavy atom. The maximum Gasteiger partial charge on any atom is 0.308 e. The van der Waals surface area contributed by atoms with Crippen LogP contribution in [0.3, 0.4) is 0 Å². The van der Waals surface area contributed by atoms with Crippen molar-refractivity contribution >= 4 is 17.6 Å². The van der Waals surface area contributed by atoms with Crippen LogP contribution in [0.2, 0.25) is 0 Å². The SMILES string of the molecule is O=C(O)C1CCC(=O)N(c2ccc3c(c2)OCCO3)C1. The number of ether oxygens (including phenoxy) is 2. The van der Waals surface area contributed by atoms with Crippen molar-refractivity contribution in [3.63, 3.8) is 0 Å². The number of hydrogen-bond acceptors (Lipinski definition) is 4. The molecule has 1 amide bonds. The highest BCUT2D eigenvalue weighted by Crippen LogP contribution is 2.35. The van der Waals surface area contributed by atoms with Crippen LogP contribution in [0.1, 0.15) is 12.8 Å². The van der Waals surface area contributed by atoms with E-state index in [1.165, 1.54) is 4.90 Å². The minimum Gasteiger partial charge on any atom is -0.486 e. The molecule has 1 aromatic rings. The molecule has 20 heavy (non-hydrogen) atoms. The predicted octanol–water partition coefficient (Wildman–Crippen LogP) is 1.29. The Bertz CT molecular complexity index is 556. The van der Waals surface area contributed by atoms with E-state index in [4.69, 9.17) is 14.6 Å². The highest BCUT2D eigenvalue weighted by atomic mass is 16.6. The zero-order valence-electron chi connectivity index (χ0n) is 10.9. The highest BCUT2D eigenvalue weighted by Gasteiger charge is 2.31. The second-order valence-corrected chi connectivity index (χ2v) is 4.91. The molecule has 1 atom stereocenters. The molecule has 2 aliphatic rings. The molecular formula is C14H15NO5. The topological polar surface area (TPSA) is 76.1 Å². The van der Waals surface area contributed by atoms with E-state index in [1.54, 1.807) is 18.2 Å². The maximum atomic E-state index is 12.0. The number of rotatable bonds is 2. The number of piperidine rings is 1. The van der Waals surface area contributed by atoms with Crippen LogP contribution in [-0.4, -0.2) is 36.7 Å². The number of fused-ring (bicyclic) bond motifs is 1. The fourth-order valence-corrected chi connectivity index (χ4v) is 2.50. The van der Waals surface area contributed by atoms with Crippen molar-refractivity contribution in [3.05, 3.63) is 18.2 Å². The van der Waals surface area contributed by atoms with Crippen molar-refractivity contribution in [1.29, 1.82) is 0 Å². The summed E-state index contributed by atoms with van der Waals surface area (Å²) in [5, 5.41) is 9.10. The van der Waals surface area contributed by atoms with E-state index in [1.807, 2.05) is 0 Å². The summed E-state index contributed by atoms with van der Waals surface area (Å²) in [5.41, 5.74) is 0.658. The van der Waals surface area contributed by atoms with Gasteiger partial charge in [-0.2, -0.15) is 0 Å². The first-order valence-electron chi connectivity index (χ1n) is 6.58. The van der Waals surface area contributed by atoms with Gasteiger partial charge in [0.15, 0.2) is 11.5 Å². The van der Waals surface area contributed by atoms with Gasteiger partial charge in [-0.3, -0.25) is 9.59 Å². The molecule has 106 valence electrons. The van der Waals surface area contributed by atoms with Crippen LogP contribution >= 0.6 is 0 Å². The van der Waals surface area contributed by atoms with Crippen molar-refractivity contribution in [3.8, 4) is 11.5 Å². The number of amides is 1. The first-order chi connectivity index (χ1) is 9.65. The Balaban J connectivity index is 1.87. The largest absolute Gasteiger partial charge is 0.486 e. The van der Waals surface area contributed by atoms with E-state index >= 15 is 0 Å². The molecule has 6 nitrogen and oxygen atoms in total. The number of nitrogens with zero attached hydrogens (tertiary/aromatic N) is 1. The van der Waals surface area contributed by atoms with Gasteiger partial charge in [0, 0.05) is 24.7 Å². The van der Waals surface area contributed by atoms with Crippen molar-refractivity contribution < 1.29 is 24.2 Å². The van der Waals surface area contributed by atoms with Crippen LogP contribution in [0.4, 0.5) is 5.69 Å². The normalized spacial score (nSPS) is 21.7. The molecule has 6 heteroatoms. The molecule has 0 spiro atoms. The first-order valence-corrected chi connectivity index (χ1v) is 6.58. The molecule has 1 unspecified atom stereocenters. The van der Waals surface area contributed by atoms with Gasteiger partial charge in [0.25, 0.3) is 0 Å². The fraction of sp³-hybridized carbons (Fsp3) is 0.429. The van der Waals surface area contributed by atoms with E-state index in [0.717, 1.165) is 0 Å². The third-order valence-corrected chi connectivity index (χ3v) is 3.60. The van der Waals surface area contributed by atoms with E-state index < -0.39 is 11.9 Å². The van der Waals surface area contributed by atoms with Crippen molar-refractivity contribution in [1.82, 2.24) is 0 Å². The Kier molecular flexibility index (Phi) is 3.22. The maximum absolute atomic E-state index is 12.0. The molecule has 1 fully saturated rings. The summed E-state index contributed by atoms with van der Waals surface area (Å²) < 4.78 is 10.9. The van der Waals surface area contributed by atoms with Gasteiger partial charge >= 0.3 is 5.97 Å². The molecule has 2 heterocycles. The van der Waals surface area contributed by atoms with E-state index in [2.05, 4.69) is 0 Å². The van der Waals surface area contributed by atoms with Gasteiger partial charge in [-0.1, -0.05) is 0 Å². The third-order valence-electron chi connectivity index (χ3n) is 3.60. The average molecular weight is 277 g/mol. The molecule has 2 aliphatic heterocycles. The number of carbonyl (C=O) groups is 2. The van der Waals surface area contributed by atoms with Crippen molar-refractivity contribution in [2.24, 2.45) is 5.92 Å². The summed E-state index contributed by atoms with van der Waals surface area (Å²) in [6, 6.07) is 5.24. The molecule has 1 N–H and O–H groups in total. The highest BCUT2D eigenvalue weighted by molar-refractivity contribution is 5.95. The lowest BCUT2D eigenvalue weighted by Gasteiger charge is -2.31. The molecule has 0 bridgehead atoms. The summed E-state index contributed by atoms with van der Waals surface area (Å²) in [6.45, 7) is 1.19. The Morgan fingerprint density at radius 2 is 2.00 bits per heavy atom. The average Bonchev–Trinajstić information content (AvgIpc) is 2.47. The lowest BCUT2D eigenvalue weighted by molar-refractivity contribution is -0.142. The smallest absolute Gasteiger partial charge is 0.308 e. The van der Waals surface area contributed by atoms with Gasteiger partial charge in [-0.25, -0.2) is 0 Å². The van der Waals surface area contributed by atoms with E-state index in [9.17, 15) is 9.59 Å². The number of aliphatic carboxylic acids is 1. The molecule has 0 saturated carbocycles. The molecule has 3 rings (SSSR count). The van der Waals surface area contributed by atoms with Crippen molar-refractivity contribution in [2.45, 2.75) is 12.8 Å². The van der Waals surface area contributed by atoms with Gasteiger partial charge in [0.05, 0.1) is 5.92 Å². The summed E-state index contributed by atoms with van der Waals surface area (Å²) in [7, 11) is 0. The summed E-state index contributed by atoms with van der Waals surface area (Å²) in [6.07, 6.45) is 0.653. The number of benzene rings is 1. The minimum absolute atomic E-state index is 0.0563. The second-order valence-electron chi connectivity index (χ2n) is 4.91. The zero-order chi connectivity index (χ0) is 14.1. The molecular weight excluding hydrogens is 262 g/mol. The van der Waals surface area contributed by atoms with Crippen LogP contribution < -0.4 is 14.4 Å². The standard InChI is InChI=1S/C14H15NO5/c16-13-4-1-9(14(17)18)8-15(13)10-2-3-11-12(7-10)20-6-5-19-11/h2-3,7,9H,1,4-6,8H2,(H,17,18). The summed E-state index contributed by atoms with van der Waals surface area (Å²) >= 11 is 0. The van der Waals surface area contributed by atoms with Crippen LogP contribution in [-0.2, 0) is 9.59 Å². The number of anilines is 1. The van der Waals surface area contributed by atoms with Crippen LogP contribution in [0, 0.1) is 5.92 Å². The van der Waals surface area contributed by atoms with E-state index in [0.29, 0.717) is 36.8 Å². The molecule has 0 radical (unpaired) electrons. The quantitative estimate of drug-likeness (QED) is 0.881. The monoisotopic (exact) mass is 277 g/mol. The Labute approximate surface area is 115 Å². The summed E-state index contributed by atoms with van der Waals surface area (Å²) in [5.74, 6) is -0.182. The first kappa shape index (κ1) is 12.8. The van der Waals surface area contributed by atoms with Gasteiger partial charge in [-0.15, -0.1) is 0 Å². The zero-order valence-corrected chi connectivity index (χ0v) is 10.9. The third kappa shape index (κ3) is 2.29. The Hall–Kier alpha value is -2.24. The summed E-state index contributed by atoms with van der Waals surface area (Å²) in [4.78, 5) is 24.6. The molecule has 1 aromatic carbocycles. The number of carboxylic acid groups (broad SMARTS) is 1. The lowest BCUT2D eigenvalue weighted by atomic mass is 9.97. The van der Waals surface area contributed by atoms with Gasteiger partial charge in [-0.05, 0) is 18.6 Å². The Morgan fingerprint density at radius 3 is 2.75 bits per heavy atom. The van der Waals surface area contributed by atoms with Gasteiger partial charge in [0.1, 0.15) is 13.2 Å². The number of carboxylic acids is 1.